The van der Waals surface area contributed by atoms with Gasteiger partial charge < -0.3 is 0 Å². The summed E-state index contributed by atoms with van der Waals surface area (Å²) in [5.74, 6) is 0.437. The number of aromatic nitrogens is 2. The molecule has 0 amide bonds. The third kappa shape index (κ3) is 5.42. The molecule has 0 bridgehead atoms. The molecule has 2 aromatic rings. The van der Waals surface area contributed by atoms with Crippen LogP contribution in [-0.4, -0.2) is 30.1 Å². The van der Waals surface area contributed by atoms with Crippen molar-refractivity contribution in [1.82, 2.24) is 14.7 Å². The number of pyridine rings is 2. The average Bonchev–Trinajstić information content (AvgIpc) is 2.46. The van der Waals surface area contributed by atoms with Crippen molar-refractivity contribution in [2.75, 3.05) is 5.43 Å². The summed E-state index contributed by atoms with van der Waals surface area (Å²) < 4.78 is 26.9. The van der Waals surface area contributed by atoms with E-state index in [0.29, 0.717) is 11.5 Å². The van der Waals surface area contributed by atoms with E-state index < -0.39 is 15.6 Å². The molecule has 0 unspecified atom stereocenters. The molecule has 0 radical (unpaired) electrons. The maximum absolute atomic E-state index is 12.1. The molecule has 122 valence electrons. The van der Waals surface area contributed by atoms with Gasteiger partial charge in [-0.2, -0.15) is 5.10 Å². The first-order valence-electron chi connectivity index (χ1n) is 6.96. The van der Waals surface area contributed by atoms with Crippen LogP contribution in [-0.2, 0) is 10.0 Å². The number of hydrazone groups is 1. The number of nitrogens with zero attached hydrogens (tertiary/aromatic N) is 3. The average molecular weight is 333 g/mol. The van der Waals surface area contributed by atoms with Crippen LogP contribution < -0.4 is 10.1 Å². The fourth-order valence-corrected chi connectivity index (χ4v) is 3.05. The Morgan fingerprint density at radius 1 is 1.13 bits per heavy atom. The van der Waals surface area contributed by atoms with Gasteiger partial charge in [-0.3, -0.25) is 10.4 Å². The van der Waals surface area contributed by atoms with Gasteiger partial charge in [-0.15, -0.1) is 0 Å². The van der Waals surface area contributed by atoms with Crippen molar-refractivity contribution in [2.24, 2.45) is 5.10 Å². The van der Waals surface area contributed by atoms with Gasteiger partial charge in [0.25, 0.3) is 0 Å². The third-order valence-corrected chi connectivity index (χ3v) is 4.29. The van der Waals surface area contributed by atoms with Crippen LogP contribution in [0, 0.1) is 0 Å². The second-order valence-electron chi connectivity index (χ2n) is 5.86. The number of rotatable bonds is 5. The standard InChI is InChI=1S/C15H19N5O2S/c1-15(2,3)20-23(21,22)13-7-8-14(17-11-13)19-18-10-12-6-4-5-9-16-12/h4-11,20H,1-3H3,(H,17,19). The normalized spacial score (nSPS) is 12.5. The van der Waals surface area contributed by atoms with Gasteiger partial charge in [0.1, 0.15) is 10.7 Å². The van der Waals surface area contributed by atoms with Crippen molar-refractivity contribution >= 4 is 22.1 Å². The van der Waals surface area contributed by atoms with E-state index in [-0.39, 0.29) is 4.90 Å². The lowest BCUT2D eigenvalue weighted by atomic mass is 10.1. The van der Waals surface area contributed by atoms with Gasteiger partial charge in [-0.05, 0) is 45.0 Å². The Balaban J connectivity index is 2.04. The maximum Gasteiger partial charge on any atom is 0.242 e. The zero-order valence-electron chi connectivity index (χ0n) is 13.2. The molecule has 8 heteroatoms. The fourth-order valence-electron chi connectivity index (χ4n) is 1.68. The summed E-state index contributed by atoms with van der Waals surface area (Å²) in [5, 5.41) is 4.00. The smallest absolute Gasteiger partial charge is 0.242 e. The number of nitrogens with one attached hydrogen (secondary N) is 2. The summed E-state index contributed by atoms with van der Waals surface area (Å²) in [4.78, 5) is 8.24. The van der Waals surface area contributed by atoms with Crippen LogP contribution in [0.5, 0.6) is 0 Å². The van der Waals surface area contributed by atoms with E-state index in [1.165, 1.54) is 12.3 Å². The Morgan fingerprint density at radius 2 is 1.91 bits per heavy atom. The summed E-state index contributed by atoms with van der Waals surface area (Å²) in [6.07, 6.45) is 4.50. The van der Waals surface area contributed by atoms with Gasteiger partial charge >= 0.3 is 0 Å². The highest BCUT2D eigenvalue weighted by Crippen LogP contribution is 2.13. The van der Waals surface area contributed by atoms with E-state index >= 15 is 0 Å². The number of hydrogen-bond acceptors (Lipinski definition) is 6. The van der Waals surface area contributed by atoms with E-state index in [4.69, 9.17) is 0 Å². The highest BCUT2D eigenvalue weighted by atomic mass is 32.2. The molecule has 0 spiro atoms. The van der Waals surface area contributed by atoms with Gasteiger partial charge in [0.15, 0.2) is 0 Å². The van der Waals surface area contributed by atoms with Crippen LogP contribution in [0.15, 0.2) is 52.7 Å². The molecule has 2 heterocycles. The lowest BCUT2D eigenvalue weighted by Crippen LogP contribution is -2.40. The Bertz CT molecular complexity index is 766. The van der Waals surface area contributed by atoms with Crippen LogP contribution in [0.4, 0.5) is 5.82 Å². The topological polar surface area (TPSA) is 96.3 Å². The summed E-state index contributed by atoms with van der Waals surface area (Å²) in [6.45, 7) is 5.33. The predicted molar refractivity (Wildman–Crippen MR) is 89.8 cm³/mol. The largest absolute Gasteiger partial charge is 0.261 e. The lowest BCUT2D eigenvalue weighted by molar-refractivity contribution is 0.491. The lowest BCUT2D eigenvalue weighted by Gasteiger charge is -2.20. The minimum absolute atomic E-state index is 0.103. The van der Waals surface area contributed by atoms with E-state index in [2.05, 4.69) is 25.2 Å². The summed E-state index contributed by atoms with van der Waals surface area (Å²) in [5.41, 5.74) is 2.87. The minimum atomic E-state index is -3.59. The van der Waals surface area contributed by atoms with Gasteiger partial charge in [0.05, 0.1) is 11.9 Å². The number of hydrogen-bond donors (Lipinski definition) is 2. The molecular weight excluding hydrogens is 314 g/mol. The van der Waals surface area contributed by atoms with Crippen molar-refractivity contribution < 1.29 is 8.42 Å². The molecule has 0 aliphatic heterocycles. The zero-order chi connectivity index (χ0) is 16.9. The Labute approximate surface area is 135 Å². The quantitative estimate of drug-likeness (QED) is 0.644. The second kappa shape index (κ2) is 6.84. The third-order valence-electron chi connectivity index (χ3n) is 2.55. The van der Waals surface area contributed by atoms with Crippen LogP contribution >= 0.6 is 0 Å². The first-order valence-corrected chi connectivity index (χ1v) is 8.45. The fraction of sp³-hybridized carbons (Fsp3) is 0.267. The predicted octanol–water partition coefficient (Wildman–Crippen LogP) is 2.00. The molecule has 0 saturated heterocycles. The molecule has 0 atom stereocenters. The first-order chi connectivity index (χ1) is 10.8. The molecule has 7 nitrogen and oxygen atoms in total. The molecule has 2 N–H and O–H groups in total. The molecule has 0 fully saturated rings. The molecular formula is C15H19N5O2S. The first kappa shape index (κ1) is 17.0. The Morgan fingerprint density at radius 3 is 2.48 bits per heavy atom. The van der Waals surface area contributed by atoms with Crippen molar-refractivity contribution in [3.05, 3.63) is 48.4 Å². The molecule has 0 aliphatic carbocycles. The van der Waals surface area contributed by atoms with Gasteiger partial charge in [-0.25, -0.2) is 18.1 Å². The van der Waals surface area contributed by atoms with Crippen LogP contribution in [0.25, 0.3) is 0 Å². The minimum Gasteiger partial charge on any atom is -0.261 e. The second-order valence-corrected chi connectivity index (χ2v) is 7.54. The summed E-state index contributed by atoms with van der Waals surface area (Å²) in [7, 11) is -3.59. The SMILES string of the molecule is CC(C)(C)NS(=O)(=O)c1ccc(NN=Cc2ccccn2)nc1. The van der Waals surface area contributed by atoms with Gasteiger partial charge in [0.2, 0.25) is 10.0 Å². The van der Waals surface area contributed by atoms with Crippen molar-refractivity contribution in [3.8, 4) is 0 Å². The zero-order valence-corrected chi connectivity index (χ0v) is 14.0. The highest BCUT2D eigenvalue weighted by molar-refractivity contribution is 7.89. The Hall–Kier alpha value is -2.32. The van der Waals surface area contributed by atoms with E-state index in [0.717, 1.165) is 0 Å². The summed E-state index contributed by atoms with van der Waals surface area (Å²) in [6, 6.07) is 8.50. The highest BCUT2D eigenvalue weighted by Gasteiger charge is 2.22. The molecule has 2 aromatic heterocycles. The van der Waals surface area contributed by atoms with Crippen molar-refractivity contribution in [2.45, 2.75) is 31.2 Å². The van der Waals surface area contributed by atoms with Crippen molar-refractivity contribution in [1.29, 1.82) is 0 Å². The van der Waals surface area contributed by atoms with Crippen LogP contribution in [0.2, 0.25) is 0 Å². The summed E-state index contributed by atoms with van der Waals surface area (Å²) >= 11 is 0. The van der Waals surface area contributed by atoms with Gasteiger partial charge in [-0.1, -0.05) is 6.07 Å². The van der Waals surface area contributed by atoms with Crippen molar-refractivity contribution in [3.63, 3.8) is 0 Å². The monoisotopic (exact) mass is 333 g/mol. The van der Waals surface area contributed by atoms with E-state index in [9.17, 15) is 8.42 Å². The molecule has 0 aromatic carbocycles. The molecule has 0 saturated carbocycles. The Kier molecular flexibility index (Phi) is 5.07. The molecule has 23 heavy (non-hydrogen) atoms. The van der Waals surface area contributed by atoms with E-state index in [1.807, 2.05) is 18.2 Å². The maximum atomic E-state index is 12.1. The van der Waals surface area contributed by atoms with Gasteiger partial charge in [0, 0.05) is 17.9 Å². The molecule has 2 rings (SSSR count). The molecule has 0 aliphatic rings. The van der Waals surface area contributed by atoms with Crippen LogP contribution in [0.3, 0.4) is 0 Å². The number of sulfonamides is 1. The van der Waals surface area contributed by atoms with E-state index in [1.54, 1.807) is 39.2 Å². The van der Waals surface area contributed by atoms with Crippen LogP contribution in [0.1, 0.15) is 26.5 Å². The number of anilines is 1.